The summed E-state index contributed by atoms with van der Waals surface area (Å²) in [6.45, 7) is 0.0811. The molecule has 2 aromatic heterocycles. The van der Waals surface area contributed by atoms with E-state index in [0.29, 0.717) is 10.5 Å². The Balaban J connectivity index is 1.78. The van der Waals surface area contributed by atoms with Gasteiger partial charge in [0.15, 0.2) is 5.01 Å². The van der Waals surface area contributed by atoms with Gasteiger partial charge in [0.2, 0.25) is 0 Å². The highest BCUT2D eigenvalue weighted by Gasteiger charge is 2.23. The molecule has 2 N–H and O–H groups in total. The molecule has 3 aromatic rings. The molecule has 3 rings (SSSR count). The van der Waals surface area contributed by atoms with Crippen molar-refractivity contribution in [1.82, 2.24) is 19.9 Å². The smallest absolute Gasteiger partial charge is 0.328 e. The van der Waals surface area contributed by atoms with Crippen molar-refractivity contribution < 1.29 is 14.7 Å². The van der Waals surface area contributed by atoms with E-state index in [4.69, 9.17) is 11.6 Å². The van der Waals surface area contributed by atoms with Crippen molar-refractivity contribution in [3.05, 3.63) is 47.0 Å². The molecule has 1 amide bonds. The quantitative estimate of drug-likeness (QED) is 0.733. The Morgan fingerprint density at radius 2 is 2.26 bits per heavy atom. The molecule has 0 bridgehead atoms. The third kappa shape index (κ3) is 3.49. The fourth-order valence-corrected chi connectivity index (χ4v) is 3.15. The first kappa shape index (κ1) is 15.4. The molecule has 2 heterocycles. The lowest BCUT2D eigenvalue weighted by Gasteiger charge is -2.13. The molecule has 0 radical (unpaired) electrons. The van der Waals surface area contributed by atoms with Crippen molar-refractivity contribution in [2.24, 2.45) is 0 Å². The van der Waals surface area contributed by atoms with E-state index < -0.39 is 17.9 Å². The van der Waals surface area contributed by atoms with E-state index in [1.54, 1.807) is 29.0 Å². The van der Waals surface area contributed by atoms with Crippen molar-refractivity contribution >= 4 is 45.0 Å². The van der Waals surface area contributed by atoms with E-state index in [2.05, 4.69) is 15.3 Å². The molecule has 0 fully saturated rings. The van der Waals surface area contributed by atoms with Gasteiger partial charge in [-0.15, -0.1) is 11.3 Å². The predicted molar refractivity (Wildman–Crippen MR) is 85.7 cm³/mol. The number of hydrogen-bond donors (Lipinski definition) is 2. The zero-order valence-corrected chi connectivity index (χ0v) is 13.2. The van der Waals surface area contributed by atoms with E-state index in [1.165, 1.54) is 12.5 Å². The second kappa shape index (κ2) is 6.35. The first-order valence-electron chi connectivity index (χ1n) is 6.58. The first-order valence-corrected chi connectivity index (χ1v) is 7.78. The Bertz CT molecular complexity index is 862. The molecule has 7 nitrogen and oxygen atoms in total. The summed E-state index contributed by atoms with van der Waals surface area (Å²) in [5.41, 5.74) is 0.644. The molecule has 0 aliphatic rings. The molecule has 0 aliphatic carbocycles. The third-order valence-corrected chi connectivity index (χ3v) is 4.35. The maximum Gasteiger partial charge on any atom is 0.328 e. The zero-order chi connectivity index (χ0) is 16.4. The summed E-state index contributed by atoms with van der Waals surface area (Å²) < 4.78 is 2.35. The van der Waals surface area contributed by atoms with Gasteiger partial charge in [-0.05, 0) is 18.2 Å². The van der Waals surface area contributed by atoms with Gasteiger partial charge in [-0.2, -0.15) is 0 Å². The van der Waals surface area contributed by atoms with Crippen LogP contribution in [-0.4, -0.2) is 37.6 Å². The number of fused-ring (bicyclic) bond motifs is 1. The number of carboxylic acid groups (broad SMARTS) is 1. The molecule has 23 heavy (non-hydrogen) atoms. The molecule has 0 saturated heterocycles. The minimum atomic E-state index is -1.13. The number of imidazole rings is 1. The monoisotopic (exact) mass is 350 g/mol. The van der Waals surface area contributed by atoms with Gasteiger partial charge in [0.05, 0.1) is 23.1 Å². The van der Waals surface area contributed by atoms with Gasteiger partial charge in [0, 0.05) is 17.4 Å². The maximum atomic E-state index is 12.3. The van der Waals surface area contributed by atoms with Crippen LogP contribution < -0.4 is 5.32 Å². The fourth-order valence-electron chi connectivity index (χ4n) is 2.01. The van der Waals surface area contributed by atoms with Gasteiger partial charge < -0.3 is 15.0 Å². The Morgan fingerprint density at radius 3 is 2.96 bits per heavy atom. The molecule has 1 atom stereocenters. The number of carbonyl (C=O) groups is 2. The van der Waals surface area contributed by atoms with Crippen LogP contribution in [0.4, 0.5) is 0 Å². The zero-order valence-electron chi connectivity index (χ0n) is 11.6. The fraction of sp³-hybridized carbons (Fsp3) is 0.143. The predicted octanol–water partition coefficient (Wildman–Crippen LogP) is 2.03. The van der Waals surface area contributed by atoms with Crippen molar-refractivity contribution in [2.75, 3.05) is 0 Å². The van der Waals surface area contributed by atoms with Crippen LogP contribution >= 0.6 is 22.9 Å². The Labute approximate surface area is 139 Å². The van der Waals surface area contributed by atoms with Crippen molar-refractivity contribution in [3.63, 3.8) is 0 Å². The van der Waals surface area contributed by atoms with Crippen LogP contribution in [0.1, 0.15) is 9.80 Å². The highest BCUT2D eigenvalue weighted by molar-refractivity contribution is 7.20. The highest BCUT2D eigenvalue weighted by atomic mass is 35.5. The number of nitrogens with zero attached hydrogens (tertiary/aromatic N) is 3. The minimum Gasteiger partial charge on any atom is -0.480 e. The van der Waals surface area contributed by atoms with Gasteiger partial charge in [-0.3, -0.25) is 4.79 Å². The molecule has 0 saturated carbocycles. The molecule has 0 aliphatic heterocycles. The van der Waals surface area contributed by atoms with E-state index >= 15 is 0 Å². The summed E-state index contributed by atoms with van der Waals surface area (Å²) in [7, 11) is 0. The third-order valence-electron chi connectivity index (χ3n) is 3.10. The van der Waals surface area contributed by atoms with Gasteiger partial charge in [-0.25, -0.2) is 14.8 Å². The first-order chi connectivity index (χ1) is 11.0. The average molecular weight is 351 g/mol. The Kier molecular flexibility index (Phi) is 4.26. The van der Waals surface area contributed by atoms with Crippen molar-refractivity contribution in [3.8, 4) is 0 Å². The second-order valence-electron chi connectivity index (χ2n) is 4.75. The number of rotatable bonds is 5. The lowest BCUT2D eigenvalue weighted by atomic mass is 10.3. The molecule has 1 aromatic carbocycles. The summed E-state index contributed by atoms with van der Waals surface area (Å²) in [5.74, 6) is -1.66. The van der Waals surface area contributed by atoms with Gasteiger partial charge in [0.1, 0.15) is 6.04 Å². The molecule has 1 unspecified atom stereocenters. The second-order valence-corrected chi connectivity index (χ2v) is 6.22. The van der Waals surface area contributed by atoms with Crippen LogP contribution in [0, 0.1) is 0 Å². The number of nitrogens with one attached hydrogen (secondary N) is 1. The lowest BCUT2D eigenvalue weighted by Crippen LogP contribution is -2.43. The topological polar surface area (TPSA) is 97.1 Å². The van der Waals surface area contributed by atoms with E-state index in [0.717, 1.165) is 16.0 Å². The number of halogens is 1. The number of carbonyl (C=O) groups excluding carboxylic acids is 1. The van der Waals surface area contributed by atoms with Crippen LogP contribution in [-0.2, 0) is 11.3 Å². The molecule has 0 spiro atoms. The highest BCUT2D eigenvalue weighted by Crippen LogP contribution is 2.25. The minimum absolute atomic E-state index is 0.0811. The number of hydrogen-bond acceptors (Lipinski definition) is 5. The number of benzene rings is 1. The maximum absolute atomic E-state index is 12.3. The molecular weight excluding hydrogens is 340 g/mol. The van der Waals surface area contributed by atoms with E-state index in [9.17, 15) is 14.7 Å². The van der Waals surface area contributed by atoms with Crippen LogP contribution in [0.15, 0.2) is 36.9 Å². The molecule has 9 heteroatoms. The molecular formula is C14H11ClN4O3S. The normalized spacial score (nSPS) is 12.2. The van der Waals surface area contributed by atoms with E-state index in [-0.39, 0.29) is 11.6 Å². The summed E-state index contributed by atoms with van der Waals surface area (Å²) >= 11 is 7.07. The summed E-state index contributed by atoms with van der Waals surface area (Å²) in [6.07, 6.45) is 4.65. The number of aromatic nitrogens is 3. The van der Waals surface area contributed by atoms with Crippen molar-refractivity contribution in [1.29, 1.82) is 0 Å². The summed E-state index contributed by atoms with van der Waals surface area (Å²) in [5, 5.41) is 12.5. The van der Waals surface area contributed by atoms with Crippen molar-refractivity contribution in [2.45, 2.75) is 12.6 Å². The van der Waals surface area contributed by atoms with Crippen LogP contribution in [0.25, 0.3) is 10.2 Å². The summed E-state index contributed by atoms with van der Waals surface area (Å²) in [6, 6.07) is 4.04. The molecule has 118 valence electrons. The SMILES string of the molecule is O=C(NC(Cn1ccnc1)C(=O)O)c1nc2ccc(Cl)cc2s1. The number of thiazole rings is 1. The summed E-state index contributed by atoms with van der Waals surface area (Å²) in [4.78, 5) is 31.6. The largest absolute Gasteiger partial charge is 0.480 e. The van der Waals surface area contributed by atoms with Gasteiger partial charge in [0.25, 0.3) is 5.91 Å². The number of carboxylic acids is 1. The van der Waals surface area contributed by atoms with Crippen LogP contribution in [0.3, 0.4) is 0 Å². The Hall–Kier alpha value is -2.45. The lowest BCUT2D eigenvalue weighted by molar-refractivity contribution is -0.139. The average Bonchev–Trinajstić information content (AvgIpc) is 3.14. The number of aliphatic carboxylic acids is 1. The standard InChI is InChI=1S/C14H11ClN4O3S/c15-8-1-2-9-11(5-8)23-13(18-9)12(20)17-10(14(21)22)6-19-4-3-16-7-19/h1-5,7,10H,6H2,(H,17,20)(H,21,22). The van der Waals surface area contributed by atoms with Crippen LogP contribution in [0.5, 0.6) is 0 Å². The van der Waals surface area contributed by atoms with Crippen LogP contribution in [0.2, 0.25) is 5.02 Å². The van der Waals surface area contributed by atoms with Gasteiger partial charge >= 0.3 is 5.97 Å². The van der Waals surface area contributed by atoms with Gasteiger partial charge in [-0.1, -0.05) is 11.6 Å². The Morgan fingerprint density at radius 1 is 1.43 bits per heavy atom. The van der Waals surface area contributed by atoms with E-state index in [1.807, 2.05) is 0 Å². The number of amides is 1.